The molecule has 1 amide bonds. The van der Waals surface area contributed by atoms with Crippen LogP contribution < -0.4 is 0 Å². The lowest BCUT2D eigenvalue weighted by atomic mass is 9.94. The van der Waals surface area contributed by atoms with Crippen molar-refractivity contribution in [3.05, 3.63) is 0 Å². The van der Waals surface area contributed by atoms with Crippen LogP contribution in [0.4, 0.5) is 0 Å². The predicted molar refractivity (Wildman–Crippen MR) is 53.3 cm³/mol. The van der Waals surface area contributed by atoms with Gasteiger partial charge >= 0.3 is 11.9 Å². The summed E-state index contributed by atoms with van der Waals surface area (Å²) in [5, 5.41) is 17.4. The quantitative estimate of drug-likeness (QED) is 0.660. The fourth-order valence-electron chi connectivity index (χ4n) is 2.07. The Morgan fingerprint density at radius 1 is 1.20 bits per heavy atom. The molecule has 2 N–H and O–H groups in total. The first-order valence-electron chi connectivity index (χ1n) is 5.31. The van der Waals surface area contributed by atoms with Gasteiger partial charge in [-0.15, -0.1) is 0 Å². The Kier molecular flexibility index (Phi) is 4.55. The van der Waals surface area contributed by atoms with Crippen LogP contribution in [0.3, 0.4) is 0 Å². The van der Waals surface area contributed by atoms with Crippen LogP contribution >= 0.6 is 0 Å². The number of aliphatic hydroxyl groups excluding tert-OH is 1. The summed E-state index contributed by atoms with van der Waals surface area (Å²) in [5.41, 5.74) is 0. The molecule has 86 valence electrons. The normalized spacial score (nSPS) is 17.4. The molecule has 1 aliphatic carbocycles. The van der Waals surface area contributed by atoms with E-state index in [4.69, 9.17) is 10.2 Å². The lowest BCUT2D eigenvalue weighted by Crippen LogP contribution is -2.46. The van der Waals surface area contributed by atoms with Crippen molar-refractivity contribution < 1.29 is 19.8 Å². The standard InChI is InChI=1S/C10H17NO4/c12-7-6-11(9(13)10(14)15)8-4-2-1-3-5-8/h8,12H,1-7H2,(H,14,15). The highest BCUT2D eigenvalue weighted by atomic mass is 16.4. The molecule has 1 aliphatic rings. The maximum Gasteiger partial charge on any atom is 0.394 e. The minimum Gasteiger partial charge on any atom is -0.474 e. The second-order valence-corrected chi connectivity index (χ2v) is 3.82. The van der Waals surface area contributed by atoms with Gasteiger partial charge in [0.2, 0.25) is 0 Å². The number of carbonyl (C=O) groups excluding carboxylic acids is 1. The largest absolute Gasteiger partial charge is 0.474 e. The summed E-state index contributed by atoms with van der Waals surface area (Å²) in [7, 11) is 0. The summed E-state index contributed by atoms with van der Waals surface area (Å²) in [6, 6.07) is -0.00509. The third-order valence-electron chi connectivity index (χ3n) is 2.80. The molecule has 5 heteroatoms. The van der Waals surface area contributed by atoms with Gasteiger partial charge in [0.1, 0.15) is 0 Å². The fraction of sp³-hybridized carbons (Fsp3) is 0.800. The van der Waals surface area contributed by atoms with Crippen LogP contribution in [0, 0.1) is 0 Å². The van der Waals surface area contributed by atoms with Crippen molar-refractivity contribution in [2.24, 2.45) is 0 Å². The summed E-state index contributed by atoms with van der Waals surface area (Å²) >= 11 is 0. The maximum atomic E-state index is 11.3. The highest BCUT2D eigenvalue weighted by Gasteiger charge is 2.28. The van der Waals surface area contributed by atoms with Crippen LogP contribution in [0.15, 0.2) is 0 Å². The number of rotatable bonds is 3. The first-order chi connectivity index (χ1) is 7.16. The van der Waals surface area contributed by atoms with Crippen molar-refractivity contribution in [3.8, 4) is 0 Å². The molecule has 1 saturated carbocycles. The number of aliphatic carboxylic acids is 1. The Balaban J connectivity index is 2.62. The fourth-order valence-corrected chi connectivity index (χ4v) is 2.07. The van der Waals surface area contributed by atoms with E-state index in [2.05, 4.69) is 0 Å². The lowest BCUT2D eigenvalue weighted by molar-refractivity contribution is -0.157. The molecule has 1 rings (SSSR count). The van der Waals surface area contributed by atoms with E-state index in [9.17, 15) is 9.59 Å². The Hall–Kier alpha value is -1.10. The Bertz CT molecular complexity index is 236. The maximum absolute atomic E-state index is 11.3. The zero-order chi connectivity index (χ0) is 11.3. The Morgan fingerprint density at radius 2 is 1.80 bits per heavy atom. The van der Waals surface area contributed by atoms with Crippen molar-refractivity contribution in [3.63, 3.8) is 0 Å². The van der Waals surface area contributed by atoms with Gasteiger partial charge < -0.3 is 15.1 Å². The van der Waals surface area contributed by atoms with Crippen LogP contribution in [-0.4, -0.2) is 46.2 Å². The van der Waals surface area contributed by atoms with Gasteiger partial charge in [-0.3, -0.25) is 4.79 Å². The third kappa shape index (κ3) is 3.20. The van der Waals surface area contributed by atoms with E-state index in [-0.39, 0.29) is 19.2 Å². The number of carboxylic acid groups (broad SMARTS) is 1. The number of carboxylic acids is 1. The SMILES string of the molecule is O=C(O)C(=O)N(CCO)C1CCCCC1. The van der Waals surface area contributed by atoms with E-state index < -0.39 is 11.9 Å². The summed E-state index contributed by atoms with van der Waals surface area (Å²) in [4.78, 5) is 23.2. The monoisotopic (exact) mass is 215 g/mol. The van der Waals surface area contributed by atoms with E-state index in [0.29, 0.717) is 0 Å². The zero-order valence-electron chi connectivity index (χ0n) is 8.69. The summed E-state index contributed by atoms with van der Waals surface area (Å²) in [6.07, 6.45) is 4.89. The number of hydrogen-bond acceptors (Lipinski definition) is 3. The van der Waals surface area contributed by atoms with Crippen LogP contribution in [0.25, 0.3) is 0 Å². The molecule has 0 aromatic carbocycles. The van der Waals surface area contributed by atoms with E-state index >= 15 is 0 Å². The minimum atomic E-state index is -1.44. The number of nitrogens with zero attached hydrogens (tertiary/aromatic N) is 1. The third-order valence-corrected chi connectivity index (χ3v) is 2.80. The van der Waals surface area contributed by atoms with Gasteiger partial charge in [0.25, 0.3) is 0 Å². The second kappa shape index (κ2) is 5.70. The number of hydrogen-bond donors (Lipinski definition) is 2. The molecule has 0 spiro atoms. The zero-order valence-corrected chi connectivity index (χ0v) is 8.69. The van der Waals surface area contributed by atoms with Crippen LogP contribution in [0.1, 0.15) is 32.1 Å². The summed E-state index contributed by atoms with van der Waals surface area (Å²) < 4.78 is 0. The molecular weight excluding hydrogens is 198 g/mol. The van der Waals surface area contributed by atoms with Gasteiger partial charge in [-0.2, -0.15) is 0 Å². The molecule has 0 aromatic rings. The average molecular weight is 215 g/mol. The van der Waals surface area contributed by atoms with Gasteiger partial charge in [0, 0.05) is 12.6 Å². The van der Waals surface area contributed by atoms with Crippen LogP contribution in [0.5, 0.6) is 0 Å². The molecular formula is C10H17NO4. The van der Waals surface area contributed by atoms with E-state index in [0.717, 1.165) is 32.1 Å². The van der Waals surface area contributed by atoms with E-state index in [1.54, 1.807) is 0 Å². The minimum absolute atomic E-state index is 0.00509. The molecule has 15 heavy (non-hydrogen) atoms. The number of amides is 1. The molecule has 0 atom stereocenters. The average Bonchev–Trinajstić information content (AvgIpc) is 2.26. The Morgan fingerprint density at radius 3 is 2.27 bits per heavy atom. The molecule has 0 radical (unpaired) electrons. The summed E-state index contributed by atoms with van der Waals surface area (Å²) in [6.45, 7) is -0.0642. The van der Waals surface area contributed by atoms with Crippen LogP contribution in [-0.2, 0) is 9.59 Å². The highest BCUT2D eigenvalue weighted by Crippen LogP contribution is 2.22. The van der Waals surface area contributed by atoms with Crippen LogP contribution in [0.2, 0.25) is 0 Å². The highest BCUT2D eigenvalue weighted by molar-refractivity contribution is 6.31. The smallest absolute Gasteiger partial charge is 0.394 e. The van der Waals surface area contributed by atoms with Gasteiger partial charge in [-0.1, -0.05) is 19.3 Å². The molecule has 0 heterocycles. The molecule has 0 saturated heterocycles. The van der Waals surface area contributed by atoms with Crippen molar-refractivity contribution in [2.75, 3.05) is 13.2 Å². The Labute approximate surface area is 88.7 Å². The summed E-state index contributed by atoms with van der Waals surface area (Å²) in [5.74, 6) is -2.33. The molecule has 1 fully saturated rings. The van der Waals surface area contributed by atoms with Gasteiger partial charge in [0.05, 0.1) is 6.61 Å². The topological polar surface area (TPSA) is 77.8 Å². The second-order valence-electron chi connectivity index (χ2n) is 3.82. The number of carbonyl (C=O) groups is 2. The van der Waals surface area contributed by atoms with Crippen molar-refractivity contribution in [1.82, 2.24) is 4.90 Å². The van der Waals surface area contributed by atoms with E-state index in [1.165, 1.54) is 4.90 Å². The lowest BCUT2D eigenvalue weighted by Gasteiger charge is -2.32. The first-order valence-corrected chi connectivity index (χ1v) is 5.31. The van der Waals surface area contributed by atoms with Gasteiger partial charge in [0.15, 0.2) is 0 Å². The van der Waals surface area contributed by atoms with E-state index in [1.807, 2.05) is 0 Å². The molecule has 0 unspecified atom stereocenters. The number of aliphatic hydroxyl groups is 1. The molecule has 5 nitrogen and oxygen atoms in total. The van der Waals surface area contributed by atoms with Crippen molar-refractivity contribution in [2.45, 2.75) is 38.1 Å². The molecule has 0 aliphatic heterocycles. The molecule has 0 bridgehead atoms. The van der Waals surface area contributed by atoms with Gasteiger partial charge in [-0.05, 0) is 12.8 Å². The molecule has 0 aromatic heterocycles. The predicted octanol–water partition coefficient (Wildman–Crippen LogP) is 0.225. The van der Waals surface area contributed by atoms with Gasteiger partial charge in [-0.25, -0.2) is 4.79 Å². The first kappa shape index (κ1) is 12.0. The van der Waals surface area contributed by atoms with Crippen molar-refractivity contribution >= 4 is 11.9 Å². The van der Waals surface area contributed by atoms with Crippen molar-refractivity contribution in [1.29, 1.82) is 0 Å².